The minimum atomic E-state index is -0.180. The van der Waals surface area contributed by atoms with Gasteiger partial charge in [-0.05, 0) is 24.8 Å². The van der Waals surface area contributed by atoms with Crippen molar-refractivity contribution in [1.82, 2.24) is 15.0 Å². The molecule has 0 saturated heterocycles. The molecule has 88 valence electrons. The number of nitrogens with zero attached hydrogens (tertiary/aromatic N) is 2. The molecule has 5 nitrogen and oxygen atoms in total. The van der Waals surface area contributed by atoms with Crippen molar-refractivity contribution >= 4 is 11.8 Å². The van der Waals surface area contributed by atoms with E-state index in [9.17, 15) is 4.79 Å². The minimum absolute atomic E-state index is 0.110. The van der Waals surface area contributed by atoms with E-state index < -0.39 is 0 Å². The molecule has 0 aliphatic heterocycles. The first-order valence-electron chi connectivity index (χ1n) is 5.10. The molecular weight excluding hydrogens is 236 g/mol. The lowest BCUT2D eigenvalue weighted by Crippen LogP contribution is -2.08. The Balaban J connectivity index is 2.33. The fourth-order valence-corrected chi connectivity index (χ4v) is 2.26. The maximum Gasteiger partial charge on any atom is 0.251 e. The Hall–Kier alpha value is -1.66. The van der Waals surface area contributed by atoms with Gasteiger partial charge in [0, 0.05) is 30.1 Å². The third kappa shape index (κ3) is 2.92. The number of H-pyrrole nitrogens is 1. The summed E-state index contributed by atoms with van der Waals surface area (Å²) >= 11 is 1.30. The van der Waals surface area contributed by atoms with Crippen LogP contribution in [0.25, 0.3) is 0 Å². The summed E-state index contributed by atoms with van der Waals surface area (Å²) in [5.41, 5.74) is 6.61. The van der Waals surface area contributed by atoms with Gasteiger partial charge in [0.25, 0.3) is 5.56 Å². The predicted octanol–water partition coefficient (Wildman–Crippen LogP) is 1.34. The van der Waals surface area contributed by atoms with Gasteiger partial charge in [-0.15, -0.1) is 0 Å². The Morgan fingerprint density at radius 3 is 2.88 bits per heavy atom. The number of nitrogens with one attached hydrogen (secondary N) is 1. The van der Waals surface area contributed by atoms with Crippen molar-refractivity contribution in [2.24, 2.45) is 5.73 Å². The maximum atomic E-state index is 11.1. The SMILES string of the molecule is C[C@H](N)c1cccnc1Sc1nccc(=O)[nH]1. The summed E-state index contributed by atoms with van der Waals surface area (Å²) < 4.78 is 0. The van der Waals surface area contributed by atoms with Crippen molar-refractivity contribution in [3.8, 4) is 0 Å². The lowest BCUT2D eigenvalue weighted by atomic mass is 10.2. The molecule has 0 fully saturated rings. The average molecular weight is 248 g/mol. The quantitative estimate of drug-likeness (QED) is 0.801. The van der Waals surface area contributed by atoms with Gasteiger partial charge in [-0.3, -0.25) is 4.79 Å². The Morgan fingerprint density at radius 2 is 2.18 bits per heavy atom. The van der Waals surface area contributed by atoms with E-state index in [0.29, 0.717) is 5.16 Å². The molecule has 0 radical (unpaired) electrons. The topological polar surface area (TPSA) is 84.7 Å². The number of hydrogen-bond acceptors (Lipinski definition) is 5. The van der Waals surface area contributed by atoms with Crippen molar-refractivity contribution in [2.75, 3.05) is 0 Å². The zero-order valence-electron chi connectivity index (χ0n) is 9.25. The Kier molecular flexibility index (Phi) is 3.55. The normalized spacial score (nSPS) is 12.4. The van der Waals surface area contributed by atoms with Crippen LogP contribution >= 0.6 is 11.8 Å². The van der Waals surface area contributed by atoms with Crippen molar-refractivity contribution in [3.05, 3.63) is 46.5 Å². The summed E-state index contributed by atoms with van der Waals surface area (Å²) in [5, 5.41) is 1.27. The third-order valence-corrected chi connectivity index (χ3v) is 3.07. The monoisotopic (exact) mass is 248 g/mol. The van der Waals surface area contributed by atoms with Gasteiger partial charge in [0.05, 0.1) is 0 Å². The summed E-state index contributed by atoms with van der Waals surface area (Å²) in [7, 11) is 0. The first-order valence-corrected chi connectivity index (χ1v) is 5.92. The lowest BCUT2D eigenvalue weighted by Gasteiger charge is -2.09. The van der Waals surface area contributed by atoms with Gasteiger partial charge in [0.15, 0.2) is 5.16 Å². The molecule has 0 saturated carbocycles. The average Bonchev–Trinajstić information content (AvgIpc) is 2.29. The predicted molar refractivity (Wildman–Crippen MR) is 65.8 cm³/mol. The van der Waals surface area contributed by atoms with Crippen LogP contribution in [0.4, 0.5) is 0 Å². The molecule has 0 aliphatic carbocycles. The van der Waals surface area contributed by atoms with Crippen molar-refractivity contribution < 1.29 is 0 Å². The number of aromatic amines is 1. The molecule has 3 N–H and O–H groups in total. The Morgan fingerprint density at radius 1 is 1.35 bits per heavy atom. The standard InChI is InChI=1S/C11H12N4OS/c1-7(12)8-3-2-5-13-10(8)17-11-14-6-4-9(16)15-11/h2-7H,12H2,1H3,(H,14,15,16)/t7-/m0/s1. The zero-order chi connectivity index (χ0) is 12.3. The van der Waals surface area contributed by atoms with Crippen LogP contribution in [-0.2, 0) is 0 Å². The summed E-state index contributed by atoms with van der Waals surface area (Å²) in [6.07, 6.45) is 3.16. The van der Waals surface area contributed by atoms with Crippen LogP contribution in [0.2, 0.25) is 0 Å². The van der Waals surface area contributed by atoms with Crippen LogP contribution in [0, 0.1) is 0 Å². The van der Waals surface area contributed by atoms with Gasteiger partial charge in [-0.1, -0.05) is 6.07 Å². The van der Waals surface area contributed by atoms with Crippen LogP contribution in [0.1, 0.15) is 18.5 Å². The van der Waals surface area contributed by atoms with Crippen LogP contribution < -0.4 is 11.3 Å². The zero-order valence-corrected chi connectivity index (χ0v) is 10.1. The number of rotatable bonds is 3. The van der Waals surface area contributed by atoms with Crippen molar-refractivity contribution in [1.29, 1.82) is 0 Å². The summed E-state index contributed by atoms with van der Waals surface area (Å²) in [6.45, 7) is 1.89. The molecule has 1 atom stereocenters. The van der Waals surface area contributed by atoms with Gasteiger partial charge in [0.1, 0.15) is 5.03 Å². The maximum absolute atomic E-state index is 11.1. The first kappa shape index (κ1) is 11.8. The van der Waals surface area contributed by atoms with Gasteiger partial charge in [0.2, 0.25) is 0 Å². The Labute approximate surface area is 103 Å². The molecule has 2 rings (SSSR count). The molecule has 2 aromatic rings. The van der Waals surface area contributed by atoms with E-state index in [1.807, 2.05) is 19.1 Å². The molecule has 0 unspecified atom stereocenters. The highest BCUT2D eigenvalue weighted by atomic mass is 32.2. The summed E-state index contributed by atoms with van der Waals surface area (Å²) in [4.78, 5) is 22.1. The number of pyridine rings is 1. The van der Waals surface area contributed by atoms with Crippen LogP contribution in [0.5, 0.6) is 0 Å². The molecular formula is C11H12N4OS. The van der Waals surface area contributed by atoms with E-state index in [0.717, 1.165) is 10.6 Å². The van der Waals surface area contributed by atoms with E-state index in [4.69, 9.17) is 5.73 Å². The van der Waals surface area contributed by atoms with Crippen molar-refractivity contribution in [3.63, 3.8) is 0 Å². The van der Waals surface area contributed by atoms with Gasteiger partial charge in [-0.2, -0.15) is 0 Å². The summed E-state index contributed by atoms with van der Waals surface area (Å²) in [5.74, 6) is 0. The van der Waals surface area contributed by atoms with E-state index in [-0.39, 0.29) is 11.6 Å². The number of nitrogens with two attached hydrogens (primary N) is 1. The largest absolute Gasteiger partial charge is 0.324 e. The van der Waals surface area contributed by atoms with Gasteiger partial charge >= 0.3 is 0 Å². The first-order chi connectivity index (χ1) is 8.16. The molecule has 17 heavy (non-hydrogen) atoms. The van der Waals surface area contributed by atoms with Crippen LogP contribution in [0.15, 0.2) is 45.6 Å². The molecule has 0 aliphatic rings. The number of hydrogen-bond donors (Lipinski definition) is 2. The molecule has 0 amide bonds. The molecule has 0 aromatic carbocycles. The van der Waals surface area contributed by atoms with E-state index in [1.54, 1.807) is 6.20 Å². The fraction of sp³-hybridized carbons (Fsp3) is 0.182. The molecule has 0 spiro atoms. The highest BCUT2D eigenvalue weighted by Gasteiger charge is 2.09. The molecule has 2 heterocycles. The fourth-order valence-electron chi connectivity index (χ4n) is 1.33. The van der Waals surface area contributed by atoms with Gasteiger partial charge in [-0.25, -0.2) is 9.97 Å². The summed E-state index contributed by atoms with van der Waals surface area (Å²) in [6, 6.07) is 5.02. The Bertz CT molecular complexity index is 567. The van der Waals surface area contributed by atoms with E-state index in [1.165, 1.54) is 24.0 Å². The second kappa shape index (κ2) is 5.11. The second-order valence-electron chi connectivity index (χ2n) is 3.53. The molecule has 2 aromatic heterocycles. The minimum Gasteiger partial charge on any atom is -0.324 e. The second-order valence-corrected chi connectivity index (χ2v) is 4.51. The lowest BCUT2D eigenvalue weighted by molar-refractivity contribution is 0.778. The molecule has 6 heteroatoms. The van der Waals surface area contributed by atoms with E-state index in [2.05, 4.69) is 15.0 Å². The molecule has 0 bridgehead atoms. The third-order valence-electron chi connectivity index (χ3n) is 2.13. The van der Waals surface area contributed by atoms with Crippen molar-refractivity contribution in [2.45, 2.75) is 23.1 Å². The number of aromatic nitrogens is 3. The smallest absolute Gasteiger partial charge is 0.251 e. The highest BCUT2D eigenvalue weighted by molar-refractivity contribution is 7.99. The van der Waals surface area contributed by atoms with Crippen LogP contribution in [0.3, 0.4) is 0 Å². The van der Waals surface area contributed by atoms with E-state index >= 15 is 0 Å². The highest BCUT2D eigenvalue weighted by Crippen LogP contribution is 2.27. The van der Waals surface area contributed by atoms with Crippen LogP contribution in [-0.4, -0.2) is 15.0 Å². The van der Waals surface area contributed by atoms with Gasteiger partial charge < -0.3 is 10.7 Å².